The van der Waals surface area contributed by atoms with Gasteiger partial charge in [0.1, 0.15) is 0 Å². The molecule has 1 amide bonds. The predicted octanol–water partition coefficient (Wildman–Crippen LogP) is 3.21. The van der Waals surface area contributed by atoms with Crippen LogP contribution in [0.4, 0.5) is 5.69 Å². The highest BCUT2D eigenvalue weighted by molar-refractivity contribution is 7.89. The largest absolute Gasteiger partial charge is 0.326 e. The molecule has 1 heterocycles. The summed E-state index contributed by atoms with van der Waals surface area (Å²) in [5, 5.41) is 2.83. The monoisotopic (exact) mass is 507 g/mol. The van der Waals surface area contributed by atoms with Crippen LogP contribution in [0.15, 0.2) is 40.1 Å². The lowest BCUT2D eigenvalue weighted by Crippen LogP contribution is -2.44. The number of hydrogen-bond acceptors (Lipinski definition) is 5. The van der Waals surface area contributed by atoms with Gasteiger partial charge in [0, 0.05) is 32.9 Å². The molecule has 1 saturated heterocycles. The minimum absolute atomic E-state index is 0.0790. The molecular formula is C24H33N3O5S2. The van der Waals surface area contributed by atoms with E-state index in [1.54, 1.807) is 26.8 Å². The van der Waals surface area contributed by atoms with Gasteiger partial charge < -0.3 is 5.32 Å². The molecule has 1 aliphatic rings. The summed E-state index contributed by atoms with van der Waals surface area (Å²) in [6, 6.07) is 8.30. The summed E-state index contributed by atoms with van der Waals surface area (Å²) < 4.78 is 54.4. The lowest BCUT2D eigenvalue weighted by atomic mass is 9.98. The predicted molar refractivity (Wildman–Crippen MR) is 133 cm³/mol. The molecule has 0 aromatic heterocycles. The molecule has 0 saturated carbocycles. The highest BCUT2D eigenvalue weighted by atomic mass is 32.2. The van der Waals surface area contributed by atoms with Crippen molar-refractivity contribution in [2.45, 2.75) is 50.3 Å². The van der Waals surface area contributed by atoms with E-state index in [1.165, 1.54) is 30.5 Å². The summed E-state index contributed by atoms with van der Waals surface area (Å²) in [5.74, 6) is -0.858. The van der Waals surface area contributed by atoms with Crippen LogP contribution in [0.2, 0.25) is 0 Å². The Morgan fingerprint density at radius 1 is 0.971 bits per heavy atom. The van der Waals surface area contributed by atoms with Crippen LogP contribution in [0.5, 0.6) is 0 Å². The number of piperidine rings is 1. The smallest absolute Gasteiger partial charge is 0.243 e. The van der Waals surface area contributed by atoms with Crippen molar-refractivity contribution in [2.75, 3.05) is 32.5 Å². The third-order valence-corrected chi connectivity index (χ3v) is 10.2. The van der Waals surface area contributed by atoms with Crippen molar-refractivity contribution in [2.24, 2.45) is 5.92 Å². The van der Waals surface area contributed by atoms with E-state index >= 15 is 0 Å². The first-order valence-electron chi connectivity index (χ1n) is 11.2. The van der Waals surface area contributed by atoms with Gasteiger partial charge in [0.05, 0.1) is 15.7 Å². The lowest BCUT2D eigenvalue weighted by Gasteiger charge is -2.32. The fourth-order valence-corrected chi connectivity index (χ4v) is 7.28. The van der Waals surface area contributed by atoms with E-state index in [-0.39, 0.29) is 17.3 Å². The van der Waals surface area contributed by atoms with E-state index in [0.29, 0.717) is 41.1 Å². The molecule has 3 rings (SSSR count). The number of amides is 1. The Kier molecular flexibility index (Phi) is 7.57. The quantitative estimate of drug-likeness (QED) is 0.647. The van der Waals surface area contributed by atoms with Gasteiger partial charge in [-0.1, -0.05) is 23.8 Å². The van der Waals surface area contributed by atoms with Crippen molar-refractivity contribution >= 4 is 31.6 Å². The fourth-order valence-electron chi connectivity index (χ4n) is 4.42. The number of carbonyl (C=O) groups is 1. The third kappa shape index (κ3) is 5.19. The number of anilines is 1. The van der Waals surface area contributed by atoms with Crippen molar-refractivity contribution in [1.29, 1.82) is 0 Å². The van der Waals surface area contributed by atoms with E-state index in [4.69, 9.17) is 0 Å². The molecule has 1 fully saturated rings. The van der Waals surface area contributed by atoms with Gasteiger partial charge in [0.2, 0.25) is 26.0 Å². The second kappa shape index (κ2) is 9.77. The highest BCUT2D eigenvalue weighted by Crippen LogP contribution is 2.30. The molecule has 186 valence electrons. The Bertz CT molecular complexity index is 1300. The van der Waals surface area contributed by atoms with Crippen LogP contribution in [-0.4, -0.2) is 58.5 Å². The molecule has 2 aromatic carbocycles. The van der Waals surface area contributed by atoms with Crippen molar-refractivity contribution in [3.05, 3.63) is 52.6 Å². The van der Waals surface area contributed by atoms with E-state index < -0.39 is 26.0 Å². The summed E-state index contributed by atoms with van der Waals surface area (Å²) in [7, 11) is -4.51. The molecule has 1 N–H and O–H groups in total. The van der Waals surface area contributed by atoms with E-state index in [0.717, 1.165) is 15.4 Å². The second-order valence-corrected chi connectivity index (χ2v) is 13.2. The van der Waals surface area contributed by atoms with Gasteiger partial charge in [-0.05, 0) is 69.4 Å². The number of sulfonamides is 2. The zero-order valence-electron chi connectivity index (χ0n) is 20.5. The number of hydrogen-bond donors (Lipinski definition) is 1. The molecule has 0 spiro atoms. The van der Waals surface area contributed by atoms with E-state index in [1.807, 2.05) is 19.1 Å². The molecular weight excluding hydrogens is 474 g/mol. The molecule has 34 heavy (non-hydrogen) atoms. The second-order valence-electron chi connectivity index (χ2n) is 9.18. The first-order chi connectivity index (χ1) is 15.7. The molecule has 8 nitrogen and oxygen atoms in total. The Hall–Kier alpha value is -2.27. The summed E-state index contributed by atoms with van der Waals surface area (Å²) in [5.41, 5.74) is 3.51. The number of nitrogens with zero attached hydrogens (tertiary/aromatic N) is 2. The number of benzene rings is 2. The highest BCUT2D eigenvalue weighted by Gasteiger charge is 2.35. The van der Waals surface area contributed by atoms with Gasteiger partial charge in [0.15, 0.2) is 0 Å². The molecule has 10 heteroatoms. The van der Waals surface area contributed by atoms with Crippen molar-refractivity contribution in [3.8, 4) is 0 Å². The van der Waals surface area contributed by atoms with Gasteiger partial charge in [0.25, 0.3) is 0 Å². The van der Waals surface area contributed by atoms with Gasteiger partial charge in [-0.3, -0.25) is 4.79 Å². The first kappa shape index (κ1) is 26.3. The Balaban J connectivity index is 1.83. The molecule has 0 radical (unpaired) electrons. The van der Waals surface area contributed by atoms with Crippen LogP contribution in [0.1, 0.15) is 35.1 Å². The summed E-state index contributed by atoms with van der Waals surface area (Å²) >= 11 is 0. The van der Waals surface area contributed by atoms with Gasteiger partial charge in [-0.2, -0.15) is 4.31 Å². The van der Waals surface area contributed by atoms with Crippen molar-refractivity contribution < 1.29 is 21.6 Å². The minimum Gasteiger partial charge on any atom is -0.326 e. The number of carbonyl (C=O) groups excluding carboxylic acids is 1. The normalized spacial score (nSPS) is 17.7. The maximum atomic E-state index is 13.5. The average Bonchev–Trinajstić information content (AvgIpc) is 2.74. The van der Waals surface area contributed by atoms with Crippen molar-refractivity contribution in [1.82, 2.24) is 8.61 Å². The maximum absolute atomic E-state index is 13.5. The van der Waals surface area contributed by atoms with E-state index in [2.05, 4.69) is 5.32 Å². The zero-order valence-corrected chi connectivity index (χ0v) is 22.2. The molecule has 0 unspecified atom stereocenters. The van der Waals surface area contributed by atoms with Crippen LogP contribution in [0.3, 0.4) is 0 Å². The fraction of sp³-hybridized carbons (Fsp3) is 0.458. The van der Waals surface area contributed by atoms with Gasteiger partial charge >= 0.3 is 0 Å². The average molecular weight is 508 g/mol. The van der Waals surface area contributed by atoms with Gasteiger partial charge in [-0.25, -0.2) is 21.1 Å². The number of nitrogens with one attached hydrogen (secondary N) is 1. The molecule has 0 aliphatic carbocycles. The summed E-state index contributed by atoms with van der Waals surface area (Å²) in [4.78, 5) is 13.5. The van der Waals surface area contributed by atoms with Crippen molar-refractivity contribution in [3.63, 3.8) is 0 Å². The number of aryl methyl sites for hydroxylation is 4. The zero-order chi connectivity index (χ0) is 25.4. The SMILES string of the molecule is Cc1cc(C)c(S(=O)(=O)N2CCC[C@H](C(=O)Nc3cc(S(=O)(=O)N(C)C)ccc3C)C2)c(C)c1. The van der Waals surface area contributed by atoms with Crippen LogP contribution < -0.4 is 5.32 Å². The summed E-state index contributed by atoms with van der Waals surface area (Å²) in [6.07, 6.45) is 1.12. The van der Waals surface area contributed by atoms with Gasteiger partial charge in [-0.15, -0.1) is 0 Å². The standard InChI is InChI=1S/C24H33N3O5S2/c1-16-12-18(3)23(19(4)13-16)34(31,32)27-11-7-8-20(15-27)24(28)25-22-14-21(10-9-17(22)2)33(29,30)26(5)6/h9-10,12-14,20H,7-8,11,15H2,1-6H3,(H,25,28)/t20-/m0/s1. The van der Waals surface area contributed by atoms with Crippen LogP contribution in [0.25, 0.3) is 0 Å². The lowest BCUT2D eigenvalue weighted by molar-refractivity contribution is -0.120. The third-order valence-electron chi connectivity index (χ3n) is 6.20. The molecule has 1 aliphatic heterocycles. The van der Waals surface area contributed by atoms with Crippen LogP contribution in [0, 0.1) is 33.6 Å². The number of rotatable bonds is 6. The maximum Gasteiger partial charge on any atom is 0.243 e. The Morgan fingerprint density at radius 2 is 1.59 bits per heavy atom. The Labute approximate surface area is 203 Å². The topological polar surface area (TPSA) is 104 Å². The molecule has 0 bridgehead atoms. The van der Waals surface area contributed by atoms with Crippen LogP contribution >= 0.6 is 0 Å². The first-order valence-corrected chi connectivity index (χ1v) is 14.0. The van der Waals surface area contributed by atoms with Crippen LogP contribution in [-0.2, 0) is 24.8 Å². The minimum atomic E-state index is -3.75. The molecule has 2 aromatic rings. The summed E-state index contributed by atoms with van der Waals surface area (Å²) in [6.45, 7) is 7.72. The van der Waals surface area contributed by atoms with E-state index in [9.17, 15) is 21.6 Å². The Morgan fingerprint density at radius 3 is 2.18 bits per heavy atom. The molecule has 1 atom stereocenters.